The number of aliphatic hydroxyl groups is 1. The van der Waals surface area contributed by atoms with Gasteiger partial charge >= 0.3 is 12.3 Å². The molecule has 0 spiro atoms. The number of rotatable bonds is 3. The van der Waals surface area contributed by atoms with E-state index in [0.29, 0.717) is 0 Å². The van der Waals surface area contributed by atoms with E-state index in [1.807, 2.05) is 0 Å². The van der Waals surface area contributed by atoms with Crippen molar-refractivity contribution in [1.29, 1.82) is 0 Å². The van der Waals surface area contributed by atoms with Crippen LogP contribution in [0.2, 0.25) is 0 Å². The molecule has 0 bridgehead atoms. The molecule has 0 aliphatic heterocycles. The van der Waals surface area contributed by atoms with Crippen LogP contribution in [0.15, 0.2) is 18.2 Å². The molecule has 1 atom stereocenters. The number of anilines is 1. The fraction of sp³-hybridized carbons (Fsp3) is 0.500. The van der Waals surface area contributed by atoms with E-state index >= 15 is 0 Å². The Labute approximate surface area is 126 Å². The second kappa shape index (κ2) is 6.43. The first-order chi connectivity index (χ1) is 9.94. The van der Waals surface area contributed by atoms with Gasteiger partial charge in [-0.15, -0.1) is 0 Å². The van der Waals surface area contributed by atoms with Crippen LogP contribution in [0.3, 0.4) is 0 Å². The van der Waals surface area contributed by atoms with Gasteiger partial charge in [0.05, 0.1) is 7.11 Å². The zero-order valence-electron chi connectivity index (χ0n) is 12.6. The van der Waals surface area contributed by atoms with Gasteiger partial charge in [0.1, 0.15) is 11.4 Å². The van der Waals surface area contributed by atoms with Gasteiger partial charge in [0, 0.05) is 11.3 Å². The van der Waals surface area contributed by atoms with E-state index in [-0.39, 0.29) is 11.4 Å². The molecule has 8 heteroatoms. The predicted molar refractivity (Wildman–Crippen MR) is 73.9 cm³/mol. The molecule has 22 heavy (non-hydrogen) atoms. The van der Waals surface area contributed by atoms with Gasteiger partial charge in [0.2, 0.25) is 0 Å². The number of aliphatic hydroxyl groups excluding tert-OH is 1. The van der Waals surface area contributed by atoms with Crippen molar-refractivity contribution >= 4 is 11.8 Å². The fourth-order valence-electron chi connectivity index (χ4n) is 1.62. The number of benzene rings is 1. The Morgan fingerprint density at radius 3 is 2.32 bits per heavy atom. The Kier molecular flexibility index (Phi) is 5.29. The van der Waals surface area contributed by atoms with Crippen molar-refractivity contribution < 1.29 is 32.5 Å². The largest absolute Gasteiger partial charge is 0.496 e. The molecule has 1 aromatic carbocycles. The van der Waals surface area contributed by atoms with Gasteiger partial charge in [0.15, 0.2) is 6.10 Å². The number of nitrogens with one attached hydrogen (secondary N) is 1. The second-order valence-electron chi connectivity index (χ2n) is 5.53. The van der Waals surface area contributed by atoms with E-state index in [0.717, 1.165) is 6.07 Å². The third kappa shape index (κ3) is 5.10. The van der Waals surface area contributed by atoms with Crippen LogP contribution in [-0.4, -0.2) is 30.1 Å². The van der Waals surface area contributed by atoms with Crippen molar-refractivity contribution in [3.05, 3.63) is 23.8 Å². The lowest BCUT2D eigenvalue weighted by Gasteiger charge is -2.21. The Morgan fingerprint density at radius 1 is 1.27 bits per heavy atom. The summed E-state index contributed by atoms with van der Waals surface area (Å²) in [5, 5.41) is 11.7. The van der Waals surface area contributed by atoms with Crippen molar-refractivity contribution in [2.45, 2.75) is 38.7 Å². The Hall–Kier alpha value is -1.96. The summed E-state index contributed by atoms with van der Waals surface area (Å²) in [5.41, 5.74) is -1.19. The van der Waals surface area contributed by atoms with E-state index in [1.54, 1.807) is 20.8 Å². The van der Waals surface area contributed by atoms with Crippen molar-refractivity contribution in [3.8, 4) is 5.75 Å². The molecule has 1 aromatic rings. The molecule has 0 aliphatic rings. The van der Waals surface area contributed by atoms with Crippen LogP contribution in [0.5, 0.6) is 5.75 Å². The molecular formula is C14H18F3NO4. The zero-order valence-corrected chi connectivity index (χ0v) is 12.6. The first kappa shape index (κ1) is 18.1. The maximum atomic E-state index is 12.7. The summed E-state index contributed by atoms with van der Waals surface area (Å²) < 4.78 is 47.7. The van der Waals surface area contributed by atoms with E-state index in [2.05, 4.69) is 5.32 Å². The molecule has 0 radical (unpaired) electrons. The molecule has 124 valence electrons. The summed E-state index contributed by atoms with van der Waals surface area (Å²) in [6, 6.07) is 3.55. The number of hydrogen-bond donors (Lipinski definition) is 2. The minimum atomic E-state index is -4.85. The zero-order chi connectivity index (χ0) is 17.1. The predicted octanol–water partition coefficient (Wildman–Crippen LogP) is 3.64. The van der Waals surface area contributed by atoms with Gasteiger partial charge in [-0.05, 0) is 39.0 Å². The van der Waals surface area contributed by atoms with E-state index in [1.165, 1.54) is 19.2 Å². The van der Waals surface area contributed by atoms with Gasteiger partial charge in [-0.25, -0.2) is 4.79 Å². The lowest BCUT2D eigenvalue weighted by atomic mass is 10.1. The molecule has 1 amide bonds. The molecule has 0 aliphatic carbocycles. The maximum Gasteiger partial charge on any atom is 0.418 e. The Bertz CT molecular complexity index is 538. The van der Waals surface area contributed by atoms with Crippen LogP contribution >= 0.6 is 0 Å². The van der Waals surface area contributed by atoms with Crippen LogP contribution in [-0.2, 0) is 4.74 Å². The second-order valence-corrected chi connectivity index (χ2v) is 5.53. The molecule has 0 aromatic heterocycles. The summed E-state index contributed by atoms with van der Waals surface area (Å²) >= 11 is 0. The highest BCUT2D eigenvalue weighted by molar-refractivity contribution is 5.85. The van der Waals surface area contributed by atoms with Crippen molar-refractivity contribution in [3.63, 3.8) is 0 Å². The molecule has 0 saturated carbocycles. The van der Waals surface area contributed by atoms with E-state index < -0.39 is 29.5 Å². The quantitative estimate of drug-likeness (QED) is 0.892. The molecule has 0 saturated heterocycles. The number of amides is 1. The molecule has 1 unspecified atom stereocenters. The van der Waals surface area contributed by atoms with Gasteiger partial charge in [-0.3, -0.25) is 5.32 Å². The average Bonchev–Trinajstić information content (AvgIpc) is 2.34. The first-order valence-corrected chi connectivity index (χ1v) is 6.37. The van der Waals surface area contributed by atoms with Gasteiger partial charge in [-0.1, -0.05) is 0 Å². The van der Waals surface area contributed by atoms with Gasteiger partial charge in [-0.2, -0.15) is 13.2 Å². The highest BCUT2D eigenvalue weighted by Crippen LogP contribution is 2.38. The first-order valence-electron chi connectivity index (χ1n) is 6.37. The van der Waals surface area contributed by atoms with Crippen LogP contribution in [0, 0.1) is 0 Å². The number of hydrogen-bond acceptors (Lipinski definition) is 4. The number of alkyl halides is 3. The smallest absolute Gasteiger partial charge is 0.418 e. The number of carbonyl (C=O) groups excluding carboxylic acids is 1. The molecule has 5 nitrogen and oxygen atoms in total. The number of ether oxygens (including phenoxy) is 2. The molecule has 0 heterocycles. The summed E-state index contributed by atoms with van der Waals surface area (Å²) in [5.74, 6) is -0.139. The van der Waals surface area contributed by atoms with Crippen molar-refractivity contribution in [2.24, 2.45) is 0 Å². The number of methoxy groups -OCH3 is 1. The van der Waals surface area contributed by atoms with Crippen LogP contribution in [0.4, 0.5) is 23.7 Å². The minimum Gasteiger partial charge on any atom is -0.496 e. The molecule has 0 fully saturated rings. The van der Waals surface area contributed by atoms with E-state index in [4.69, 9.17) is 9.47 Å². The van der Waals surface area contributed by atoms with Crippen molar-refractivity contribution in [1.82, 2.24) is 0 Å². The summed E-state index contributed by atoms with van der Waals surface area (Å²) in [4.78, 5) is 11.6. The topological polar surface area (TPSA) is 67.8 Å². The monoisotopic (exact) mass is 321 g/mol. The highest BCUT2D eigenvalue weighted by Gasteiger charge is 2.41. The normalized spacial score (nSPS) is 13.5. The Balaban J connectivity index is 3.03. The standard InChI is InChI=1S/C14H18F3NO4/c1-13(2,3)22-12(20)18-8-5-6-10(21-4)9(7-8)11(19)14(15,16)17/h5-7,11,19H,1-4H3,(H,18,20). The van der Waals surface area contributed by atoms with E-state index in [9.17, 15) is 23.1 Å². The maximum absolute atomic E-state index is 12.7. The van der Waals surface area contributed by atoms with Crippen LogP contribution in [0.25, 0.3) is 0 Å². The summed E-state index contributed by atoms with van der Waals surface area (Å²) in [7, 11) is 1.18. The summed E-state index contributed by atoms with van der Waals surface area (Å²) in [6.07, 6.45) is -8.38. The van der Waals surface area contributed by atoms with Crippen LogP contribution < -0.4 is 10.1 Å². The molecule has 2 N–H and O–H groups in total. The van der Waals surface area contributed by atoms with Crippen LogP contribution in [0.1, 0.15) is 32.4 Å². The summed E-state index contributed by atoms with van der Waals surface area (Å²) in [6.45, 7) is 4.96. The van der Waals surface area contributed by atoms with Gasteiger partial charge in [0.25, 0.3) is 0 Å². The number of carbonyl (C=O) groups is 1. The molecular weight excluding hydrogens is 303 g/mol. The lowest BCUT2D eigenvalue weighted by Crippen LogP contribution is -2.27. The number of halogens is 3. The van der Waals surface area contributed by atoms with Gasteiger partial charge < -0.3 is 14.6 Å². The lowest BCUT2D eigenvalue weighted by molar-refractivity contribution is -0.207. The van der Waals surface area contributed by atoms with Crippen molar-refractivity contribution in [2.75, 3.05) is 12.4 Å². The third-order valence-electron chi connectivity index (χ3n) is 2.48. The average molecular weight is 321 g/mol. The SMILES string of the molecule is COc1ccc(NC(=O)OC(C)(C)C)cc1C(O)C(F)(F)F. The minimum absolute atomic E-state index is 0.0494. The Morgan fingerprint density at radius 2 is 1.86 bits per heavy atom. The highest BCUT2D eigenvalue weighted by atomic mass is 19.4. The molecule has 1 rings (SSSR count). The third-order valence-corrected chi connectivity index (χ3v) is 2.48. The fourth-order valence-corrected chi connectivity index (χ4v) is 1.62.